The normalized spacial score (nSPS) is 11.0. The number of nitrogen functional groups attached to an aromatic ring is 1. The first kappa shape index (κ1) is 8.96. The molecule has 3 heterocycles. The van der Waals surface area contributed by atoms with Gasteiger partial charge in [0.25, 0.3) is 0 Å². The smallest absolute Gasteiger partial charge is 0.183 e. The molecule has 0 amide bonds. The fourth-order valence-corrected chi connectivity index (χ4v) is 1.67. The Morgan fingerprint density at radius 1 is 1.25 bits per heavy atom. The lowest BCUT2D eigenvalue weighted by Crippen LogP contribution is -1.97. The molecule has 80 valence electrons. The molecule has 5 heteroatoms. The molecule has 0 aliphatic rings. The van der Waals surface area contributed by atoms with Crippen LogP contribution in [-0.4, -0.2) is 14.6 Å². The quantitative estimate of drug-likeness (QED) is 0.701. The Bertz CT molecular complexity index is 612. The highest BCUT2D eigenvalue weighted by atomic mass is 16.3. The summed E-state index contributed by atoms with van der Waals surface area (Å²) in [5.74, 6) is 1.67. The highest BCUT2D eigenvalue weighted by Gasteiger charge is 2.08. The van der Waals surface area contributed by atoms with E-state index < -0.39 is 0 Å². The molecule has 0 saturated carbocycles. The molecule has 0 spiro atoms. The van der Waals surface area contributed by atoms with E-state index in [2.05, 4.69) is 10.2 Å². The Labute approximate surface area is 91.5 Å². The van der Waals surface area contributed by atoms with Gasteiger partial charge >= 0.3 is 0 Å². The van der Waals surface area contributed by atoms with Crippen LogP contribution in [-0.2, 0) is 6.42 Å². The average molecular weight is 214 g/mol. The third kappa shape index (κ3) is 1.33. The summed E-state index contributed by atoms with van der Waals surface area (Å²) in [6.07, 6.45) is 4.15. The van der Waals surface area contributed by atoms with Crippen molar-refractivity contribution in [1.29, 1.82) is 0 Å². The van der Waals surface area contributed by atoms with E-state index in [1.807, 2.05) is 28.8 Å². The number of hydrogen-bond donors (Lipinski definition) is 1. The van der Waals surface area contributed by atoms with Crippen molar-refractivity contribution < 1.29 is 4.42 Å². The van der Waals surface area contributed by atoms with Gasteiger partial charge in [-0.25, -0.2) is 0 Å². The van der Waals surface area contributed by atoms with Crippen LogP contribution in [0.15, 0.2) is 41.1 Å². The number of nitrogens with zero attached hydrogens (tertiary/aromatic N) is 3. The fraction of sp³-hybridized carbons (Fsp3) is 0.0909. The van der Waals surface area contributed by atoms with Crippen molar-refractivity contribution in [2.24, 2.45) is 0 Å². The van der Waals surface area contributed by atoms with E-state index in [0.29, 0.717) is 17.8 Å². The largest absolute Gasteiger partial charge is 0.469 e. The van der Waals surface area contributed by atoms with Crippen LogP contribution in [0.5, 0.6) is 0 Å². The summed E-state index contributed by atoms with van der Waals surface area (Å²) in [4.78, 5) is 0. The summed E-state index contributed by atoms with van der Waals surface area (Å²) < 4.78 is 7.15. The minimum Gasteiger partial charge on any atom is -0.469 e. The predicted octanol–water partition coefficient (Wildman–Crippen LogP) is 1.50. The Hall–Kier alpha value is -2.30. The molecule has 0 fully saturated rings. The van der Waals surface area contributed by atoms with E-state index in [0.717, 1.165) is 11.6 Å². The van der Waals surface area contributed by atoms with Gasteiger partial charge in [0.2, 0.25) is 0 Å². The maximum absolute atomic E-state index is 5.80. The van der Waals surface area contributed by atoms with Gasteiger partial charge in [-0.15, -0.1) is 10.2 Å². The SMILES string of the molecule is Nc1cccn2c(Cc3ccco3)nnc12. The zero-order valence-electron chi connectivity index (χ0n) is 8.50. The standard InChI is InChI=1S/C11H10N4O/c12-9-4-1-5-15-10(13-14-11(9)15)7-8-3-2-6-16-8/h1-6H,7,12H2. The average Bonchev–Trinajstić information content (AvgIpc) is 2.90. The molecule has 0 aliphatic carbocycles. The Morgan fingerprint density at radius 2 is 2.19 bits per heavy atom. The van der Waals surface area contributed by atoms with Gasteiger partial charge in [0.1, 0.15) is 11.6 Å². The maximum atomic E-state index is 5.80. The van der Waals surface area contributed by atoms with Crippen LogP contribution >= 0.6 is 0 Å². The van der Waals surface area contributed by atoms with Crippen molar-refractivity contribution >= 4 is 11.3 Å². The van der Waals surface area contributed by atoms with Crippen molar-refractivity contribution in [1.82, 2.24) is 14.6 Å². The van der Waals surface area contributed by atoms with Crippen molar-refractivity contribution in [3.63, 3.8) is 0 Å². The molecule has 5 nitrogen and oxygen atoms in total. The first-order valence-electron chi connectivity index (χ1n) is 4.95. The molecule has 16 heavy (non-hydrogen) atoms. The number of nitrogens with two attached hydrogens (primary N) is 1. The second-order valence-electron chi connectivity index (χ2n) is 3.53. The first-order chi connectivity index (χ1) is 7.84. The Kier molecular flexibility index (Phi) is 1.89. The van der Waals surface area contributed by atoms with E-state index in [-0.39, 0.29) is 0 Å². The highest BCUT2D eigenvalue weighted by Crippen LogP contribution is 2.14. The van der Waals surface area contributed by atoms with Crippen LogP contribution in [0.1, 0.15) is 11.6 Å². The lowest BCUT2D eigenvalue weighted by Gasteiger charge is -1.98. The van der Waals surface area contributed by atoms with E-state index in [9.17, 15) is 0 Å². The molecule has 2 N–H and O–H groups in total. The van der Waals surface area contributed by atoms with Gasteiger partial charge in [0, 0.05) is 6.20 Å². The molecular weight excluding hydrogens is 204 g/mol. The molecular formula is C11H10N4O. The summed E-state index contributed by atoms with van der Waals surface area (Å²) in [6, 6.07) is 7.44. The van der Waals surface area contributed by atoms with E-state index in [1.54, 1.807) is 12.3 Å². The summed E-state index contributed by atoms with van der Waals surface area (Å²) in [7, 11) is 0. The van der Waals surface area contributed by atoms with Crippen LogP contribution in [0.25, 0.3) is 5.65 Å². The van der Waals surface area contributed by atoms with Crippen LogP contribution < -0.4 is 5.73 Å². The molecule has 0 saturated heterocycles. The Balaban J connectivity index is 2.08. The topological polar surface area (TPSA) is 69.3 Å². The second-order valence-corrected chi connectivity index (χ2v) is 3.53. The van der Waals surface area contributed by atoms with Crippen LogP contribution in [0.4, 0.5) is 5.69 Å². The van der Waals surface area contributed by atoms with Crippen molar-refractivity contribution in [2.75, 3.05) is 5.73 Å². The second kappa shape index (κ2) is 3.37. The number of anilines is 1. The van der Waals surface area contributed by atoms with Gasteiger partial charge < -0.3 is 10.2 Å². The molecule has 3 aromatic heterocycles. The maximum Gasteiger partial charge on any atom is 0.183 e. The number of furan rings is 1. The number of aromatic nitrogens is 3. The number of pyridine rings is 1. The van der Waals surface area contributed by atoms with Gasteiger partial charge in [0.15, 0.2) is 5.65 Å². The predicted molar refractivity (Wildman–Crippen MR) is 58.9 cm³/mol. The zero-order valence-corrected chi connectivity index (χ0v) is 8.50. The molecule has 0 aromatic carbocycles. The molecule has 3 rings (SSSR count). The van der Waals surface area contributed by atoms with Crippen molar-refractivity contribution in [2.45, 2.75) is 6.42 Å². The molecule has 0 unspecified atom stereocenters. The van der Waals surface area contributed by atoms with Gasteiger partial charge in [0.05, 0.1) is 18.4 Å². The minimum atomic E-state index is 0.609. The minimum absolute atomic E-state index is 0.609. The lowest BCUT2D eigenvalue weighted by molar-refractivity contribution is 0.516. The first-order valence-corrected chi connectivity index (χ1v) is 4.95. The van der Waals surface area contributed by atoms with Gasteiger partial charge in [-0.2, -0.15) is 0 Å². The molecule has 0 atom stereocenters. The third-order valence-electron chi connectivity index (χ3n) is 2.45. The van der Waals surface area contributed by atoms with Gasteiger partial charge in [-0.3, -0.25) is 4.40 Å². The van der Waals surface area contributed by atoms with E-state index in [1.165, 1.54) is 0 Å². The van der Waals surface area contributed by atoms with Crippen LogP contribution in [0.2, 0.25) is 0 Å². The monoisotopic (exact) mass is 214 g/mol. The summed E-state index contributed by atoms with van der Waals surface area (Å²) >= 11 is 0. The lowest BCUT2D eigenvalue weighted by atomic mass is 10.3. The van der Waals surface area contributed by atoms with Crippen LogP contribution in [0.3, 0.4) is 0 Å². The summed E-state index contributed by atoms with van der Waals surface area (Å²) in [5, 5.41) is 8.15. The van der Waals surface area contributed by atoms with E-state index in [4.69, 9.17) is 10.2 Å². The van der Waals surface area contributed by atoms with Crippen LogP contribution in [0, 0.1) is 0 Å². The number of rotatable bonds is 2. The zero-order chi connectivity index (χ0) is 11.0. The van der Waals surface area contributed by atoms with Gasteiger partial charge in [-0.05, 0) is 24.3 Å². The van der Waals surface area contributed by atoms with Gasteiger partial charge in [-0.1, -0.05) is 0 Å². The molecule has 0 radical (unpaired) electrons. The summed E-state index contributed by atoms with van der Waals surface area (Å²) in [6.45, 7) is 0. The molecule has 0 aliphatic heterocycles. The third-order valence-corrected chi connectivity index (χ3v) is 2.45. The number of fused-ring (bicyclic) bond motifs is 1. The molecule has 3 aromatic rings. The fourth-order valence-electron chi connectivity index (χ4n) is 1.67. The van der Waals surface area contributed by atoms with Crippen molar-refractivity contribution in [3.05, 3.63) is 48.3 Å². The summed E-state index contributed by atoms with van der Waals surface area (Å²) in [5.41, 5.74) is 7.11. The highest BCUT2D eigenvalue weighted by molar-refractivity contribution is 5.63. The Morgan fingerprint density at radius 3 is 3.00 bits per heavy atom. The van der Waals surface area contributed by atoms with E-state index >= 15 is 0 Å². The number of hydrogen-bond acceptors (Lipinski definition) is 4. The van der Waals surface area contributed by atoms with Crippen molar-refractivity contribution in [3.8, 4) is 0 Å². The molecule has 0 bridgehead atoms.